The summed E-state index contributed by atoms with van der Waals surface area (Å²) in [4.78, 5) is 39.6. The quantitative estimate of drug-likeness (QED) is 0.194. The average molecular weight is 625 g/mol. The Bertz CT molecular complexity index is 1580. The number of anilines is 1. The molecule has 0 spiro atoms. The molecule has 236 valence electrons. The number of nitro groups is 1. The van der Waals surface area contributed by atoms with Crippen LogP contribution in [0.4, 0.5) is 11.4 Å². The third-order valence-electron chi connectivity index (χ3n) is 7.47. The van der Waals surface area contributed by atoms with E-state index in [1.807, 2.05) is 45.0 Å². The topological polar surface area (TPSA) is 139 Å². The van der Waals surface area contributed by atoms with Crippen LogP contribution in [0.5, 0.6) is 5.75 Å². The van der Waals surface area contributed by atoms with Crippen molar-refractivity contribution < 1.29 is 27.7 Å². The number of hydrogen-bond donors (Lipinski definition) is 1. The molecule has 0 aliphatic carbocycles. The number of nitrogens with one attached hydrogen (secondary N) is 1. The first-order valence-corrected chi connectivity index (χ1v) is 15.8. The number of nitro benzene ring substituents is 1. The number of nitrogens with zero attached hydrogens (tertiary/aromatic N) is 3. The van der Waals surface area contributed by atoms with Crippen molar-refractivity contribution in [2.75, 3.05) is 18.0 Å². The minimum atomic E-state index is -4.49. The number of benzene rings is 3. The molecule has 3 rings (SSSR count). The lowest BCUT2D eigenvalue weighted by atomic mass is 10.1. The standard InChI is InChI=1S/C32H40N4O7S/c1-7-24(5)33-32(38)29(8-2)34(20-25-12-9-22(3)10-13-25)31(37)21-35(26-14-16-27(43-6)17-15-26)44(41,42)28-18-11-23(4)30(19-28)36(39)40/h9-19,24,29H,7-8,20-21H2,1-6H3,(H,33,38)/t24-,29-/m1/s1. The third-order valence-corrected chi connectivity index (χ3v) is 9.23. The maximum atomic E-state index is 14.2. The Morgan fingerprint density at radius 1 is 0.977 bits per heavy atom. The fourth-order valence-corrected chi connectivity index (χ4v) is 6.04. The summed E-state index contributed by atoms with van der Waals surface area (Å²) >= 11 is 0. The van der Waals surface area contributed by atoms with Gasteiger partial charge >= 0.3 is 0 Å². The van der Waals surface area contributed by atoms with E-state index in [4.69, 9.17) is 4.74 Å². The molecule has 3 aromatic rings. The van der Waals surface area contributed by atoms with Gasteiger partial charge in [-0.05, 0) is 69.5 Å². The zero-order valence-electron chi connectivity index (χ0n) is 25.9. The second kappa shape index (κ2) is 14.8. The molecule has 0 fully saturated rings. The van der Waals surface area contributed by atoms with Crippen LogP contribution < -0.4 is 14.4 Å². The molecule has 1 N–H and O–H groups in total. The molecule has 11 nitrogen and oxygen atoms in total. The number of carbonyl (C=O) groups excluding carboxylic acids is 2. The van der Waals surface area contributed by atoms with Crippen molar-refractivity contribution in [3.05, 3.63) is 93.5 Å². The summed E-state index contributed by atoms with van der Waals surface area (Å²) in [5.41, 5.74) is 1.88. The normalized spacial score (nSPS) is 12.6. The summed E-state index contributed by atoms with van der Waals surface area (Å²) in [7, 11) is -3.02. The van der Waals surface area contributed by atoms with Gasteiger partial charge in [0.25, 0.3) is 15.7 Å². The van der Waals surface area contributed by atoms with Gasteiger partial charge in [-0.3, -0.25) is 24.0 Å². The zero-order valence-corrected chi connectivity index (χ0v) is 26.8. The minimum absolute atomic E-state index is 0.0675. The predicted octanol–water partition coefficient (Wildman–Crippen LogP) is 5.14. The molecule has 0 unspecified atom stereocenters. The summed E-state index contributed by atoms with van der Waals surface area (Å²) in [6, 6.07) is 16.2. The molecular formula is C32H40N4O7S. The molecule has 0 bridgehead atoms. The lowest BCUT2D eigenvalue weighted by Crippen LogP contribution is -2.53. The maximum Gasteiger partial charge on any atom is 0.273 e. The molecule has 0 radical (unpaired) electrons. The largest absolute Gasteiger partial charge is 0.497 e. The lowest BCUT2D eigenvalue weighted by Gasteiger charge is -2.33. The van der Waals surface area contributed by atoms with Crippen molar-refractivity contribution in [1.82, 2.24) is 10.2 Å². The van der Waals surface area contributed by atoms with Crippen LogP contribution in [0.15, 0.2) is 71.6 Å². The highest BCUT2D eigenvalue weighted by Gasteiger charge is 2.34. The summed E-state index contributed by atoms with van der Waals surface area (Å²) in [5, 5.41) is 14.6. The van der Waals surface area contributed by atoms with Crippen LogP contribution in [-0.4, -0.2) is 55.8 Å². The van der Waals surface area contributed by atoms with Gasteiger partial charge in [0.05, 0.1) is 22.6 Å². The van der Waals surface area contributed by atoms with Gasteiger partial charge in [0, 0.05) is 24.2 Å². The predicted molar refractivity (Wildman–Crippen MR) is 169 cm³/mol. The van der Waals surface area contributed by atoms with Gasteiger partial charge in [-0.2, -0.15) is 0 Å². The van der Waals surface area contributed by atoms with Crippen LogP contribution >= 0.6 is 0 Å². The Balaban J connectivity index is 2.11. The Morgan fingerprint density at radius 3 is 2.16 bits per heavy atom. The van der Waals surface area contributed by atoms with E-state index in [-0.39, 0.29) is 34.8 Å². The molecule has 0 aromatic heterocycles. The molecule has 0 aliphatic heterocycles. The van der Waals surface area contributed by atoms with E-state index in [0.29, 0.717) is 24.2 Å². The summed E-state index contributed by atoms with van der Waals surface area (Å²) in [6.07, 6.45) is 0.986. The van der Waals surface area contributed by atoms with E-state index in [1.54, 1.807) is 19.1 Å². The van der Waals surface area contributed by atoms with Crippen LogP contribution in [0, 0.1) is 24.0 Å². The van der Waals surface area contributed by atoms with Crippen molar-refractivity contribution in [2.45, 2.75) is 71.0 Å². The number of sulfonamides is 1. The lowest BCUT2D eigenvalue weighted by molar-refractivity contribution is -0.385. The van der Waals surface area contributed by atoms with E-state index < -0.39 is 33.4 Å². The average Bonchev–Trinajstić information content (AvgIpc) is 3.00. The van der Waals surface area contributed by atoms with Gasteiger partial charge in [0.15, 0.2) is 0 Å². The molecule has 2 atom stereocenters. The molecule has 0 aliphatic rings. The summed E-state index contributed by atoms with van der Waals surface area (Å²) in [6.45, 7) is 8.46. The number of methoxy groups -OCH3 is 1. The smallest absolute Gasteiger partial charge is 0.273 e. The highest BCUT2D eigenvalue weighted by molar-refractivity contribution is 7.92. The van der Waals surface area contributed by atoms with E-state index in [9.17, 15) is 28.1 Å². The van der Waals surface area contributed by atoms with Crippen molar-refractivity contribution in [3.63, 3.8) is 0 Å². The Kier molecular flexibility index (Phi) is 11.5. The van der Waals surface area contributed by atoms with E-state index in [2.05, 4.69) is 5.32 Å². The van der Waals surface area contributed by atoms with E-state index in [1.165, 1.54) is 43.2 Å². The van der Waals surface area contributed by atoms with Crippen molar-refractivity contribution in [2.24, 2.45) is 0 Å². The third kappa shape index (κ3) is 8.13. The minimum Gasteiger partial charge on any atom is -0.497 e. The number of carbonyl (C=O) groups is 2. The number of ether oxygens (including phenoxy) is 1. The van der Waals surface area contributed by atoms with Crippen LogP contribution in [0.25, 0.3) is 0 Å². The van der Waals surface area contributed by atoms with Gasteiger partial charge in [-0.15, -0.1) is 0 Å². The number of aryl methyl sites for hydroxylation is 2. The first-order chi connectivity index (χ1) is 20.8. The Hall–Kier alpha value is -4.45. The van der Waals surface area contributed by atoms with Crippen LogP contribution in [-0.2, 0) is 26.2 Å². The second-order valence-electron chi connectivity index (χ2n) is 10.7. The number of hydrogen-bond acceptors (Lipinski definition) is 7. The van der Waals surface area contributed by atoms with Crippen LogP contribution in [0.1, 0.15) is 50.3 Å². The summed E-state index contributed by atoms with van der Waals surface area (Å²) in [5.74, 6) is -0.481. The van der Waals surface area contributed by atoms with Gasteiger partial charge in [-0.1, -0.05) is 49.7 Å². The fourth-order valence-electron chi connectivity index (χ4n) is 4.60. The maximum absolute atomic E-state index is 14.2. The molecule has 0 saturated heterocycles. The molecule has 0 heterocycles. The molecular weight excluding hydrogens is 584 g/mol. The highest BCUT2D eigenvalue weighted by atomic mass is 32.2. The van der Waals surface area contributed by atoms with Gasteiger partial charge in [0.1, 0.15) is 18.3 Å². The second-order valence-corrected chi connectivity index (χ2v) is 12.5. The molecule has 0 saturated carbocycles. The first kappa shape index (κ1) is 34.0. The first-order valence-electron chi connectivity index (χ1n) is 14.4. The fraction of sp³-hybridized carbons (Fsp3) is 0.375. The Morgan fingerprint density at radius 2 is 1.61 bits per heavy atom. The monoisotopic (exact) mass is 624 g/mol. The highest BCUT2D eigenvalue weighted by Crippen LogP contribution is 2.29. The number of rotatable bonds is 14. The number of amides is 2. The SMILES string of the molecule is CC[C@@H](C)NC(=O)[C@@H](CC)N(Cc1ccc(C)cc1)C(=O)CN(c1ccc(OC)cc1)S(=O)(=O)c1ccc(C)c([N+](=O)[O-])c1. The van der Waals surface area contributed by atoms with Crippen molar-refractivity contribution in [1.29, 1.82) is 0 Å². The van der Waals surface area contributed by atoms with Gasteiger partial charge < -0.3 is 15.0 Å². The molecule has 44 heavy (non-hydrogen) atoms. The van der Waals surface area contributed by atoms with E-state index >= 15 is 0 Å². The molecule has 3 aromatic carbocycles. The van der Waals surface area contributed by atoms with Gasteiger partial charge in [0.2, 0.25) is 11.8 Å². The van der Waals surface area contributed by atoms with Gasteiger partial charge in [-0.25, -0.2) is 8.42 Å². The van der Waals surface area contributed by atoms with E-state index in [0.717, 1.165) is 21.5 Å². The van der Waals surface area contributed by atoms with Crippen LogP contribution in [0.3, 0.4) is 0 Å². The zero-order chi connectivity index (χ0) is 32.6. The summed E-state index contributed by atoms with van der Waals surface area (Å²) < 4.78 is 34.3. The van der Waals surface area contributed by atoms with Crippen molar-refractivity contribution in [3.8, 4) is 5.75 Å². The van der Waals surface area contributed by atoms with Crippen LogP contribution in [0.2, 0.25) is 0 Å². The molecule has 2 amide bonds. The molecule has 12 heteroatoms. The van der Waals surface area contributed by atoms with Crippen molar-refractivity contribution >= 4 is 33.2 Å². The Labute approximate surface area is 259 Å².